The highest BCUT2D eigenvalue weighted by Gasteiger charge is 2.18. The van der Waals surface area contributed by atoms with E-state index in [9.17, 15) is 19.7 Å². The first-order valence-corrected chi connectivity index (χ1v) is 10.7. The highest BCUT2D eigenvalue weighted by atomic mass is 35.5. The van der Waals surface area contributed by atoms with Crippen molar-refractivity contribution in [1.82, 2.24) is 14.1 Å². The number of nitrogens with zero attached hydrogens (tertiary/aromatic N) is 4. The van der Waals surface area contributed by atoms with Gasteiger partial charge in [0.1, 0.15) is 0 Å². The van der Waals surface area contributed by atoms with E-state index in [-0.39, 0.29) is 23.4 Å². The van der Waals surface area contributed by atoms with E-state index in [1.165, 1.54) is 29.1 Å². The Morgan fingerprint density at radius 2 is 1.85 bits per heavy atom. The number of hydrogen-bond acceptors (Lipinski definition) is 5. The number of aromatic nitrogens is 3. The molecule has 4 aromatic rings. The van der Waals surface area contributed by atoms with Crippen LogP contribution in [0.2, 0.25) is 5.02 Å². The third-order valence-electron chi connectivity index (χ3n) is 5.74. The molecule has 0 radical (unpaired) electrons. The maximum atomic E-state index is 13.1. The number of fused-ring (bicyclic) bond motifs is 1. The van der Waals surface area contributed by atoms with Gasteiger partial charge in [0.05, 0.1) is 28.7 Å². The van der Waals surface area contributed by atoms with Crippen LogP contribution >= 0.6 is 11.6 Å². The number of Topliss-reactive ketones (excluding diaryl/α,β-unsaturated/α-hetero) is 1. The Labute approximate surface area is 194 Å². The van der Waals surface area contributed by atoms with Gasteiger partial charge in [-0.1, -0.05) is 23.7 Å². The largest absolute Gasteiger partial charge is 0.348 e. The standard InChI is InChI=1S/C24H21ClN4O4/c1-15-11-20(16(2)28(15)10-9-17-3-5-18(25)6-4-17)23(30)13-27-14-26-22-8-7-19(29(32)33)12-21(22)24(27)31/h3-8,11-12,14H,9-10,13H2,1-2H3. The normalized spacial score (nSPS) is 11.1. The van der Waals surface area contributed by atoms with Crippen molar-refractivity contribution in [2.75, 3.05) is 0 Å². The van der Waals surface area contributed by atoms with Crippen molar-refractivity contribution >= 4 is 34.0 Å². The maximum absolute atomic E-state index is 13.1. The van der Waals surface area contributed by atoms with E-state index in [4.69, 9.17) is 11.6 Å². The van der Waals surface area contributed by atoms with E-state index >= 15 is 0 Å². The summed E-state index contributed by atoms with van der Waals surface area (Å²) >= 11 is 5.95. The Morgan fingerprint density at radius 1 is 1.12 bits per heavy atom. The van der Waals surface area contributed by atoms with E-state index in [1.807, 2.05) is 44.2 Å². The lowest BCUT2D eigenvalue weighted by Gasteiger charge is -2.10. The second-order valence-corrected chi connectivity index (χ2v) is 8.31. The Bertz CT molecular complexity index is 1440. The van der Waals surface area contributed by atoms with Crippen molar-refractivity contribution in [2.24, 2.45) is 0 Å². The monoisotopic (exact) mass is 464 g/mol. The number of ketones is 1. The maximum Gasteiger partial charge on any atom is 0.270 e. The molecule has 0 saturated heterocycles. The average molecular weight is 465 g/mol. The number of nitro groups is 1. The fourth-order valence-corrected chi connectivity index (χ4v) is 4.06. The first-order valence-electron chi connectivity index (χ1n) is 10.3. The van der Waals surface area contributed by atoms with Crippen LogP contribution < -0.4 is 5.56 Å². The predicted molar refractivity (Wildman–Crippen MR) is 126 cm³/mol. The second-order valence-electron chi connectivity index (χ2n) is 7.87. The molecule has 0 aliphatic rings. The molecular weight excluding hydrogens is 444 g/mol. The molecule has 0 saturated carbocycles. The number of nitro benzene ring substituents is 1. The van der Waals surface area contributed by atoms with Crippen LogP contribution in [0.1, 0.15) is 27.3 Å². The first-order chi connectivity index (χ1) is 15.7. The summed E-state index contributed by atoms with van der Waals surface area (Å²) in [5.74, 6) is -0.227. The van der Waals surface area contributed by atoms with Crippen molar-refractivity contribution in [2.45, 2.75) is 33.4 Å². The molecule has 0 atom stereocenters. The highest BCUT2D eigenvalue weighted by molar-refractivity contribution is 6.30. The number of rotatable bonds is 7. The van der Waals surface area contributed by atoms with Gasteiger partial charge in [-0.3, -0.25) is 24.3 Å². The van der Waals surface area contributed by atoms with Gasteiger partial charge in [-0.2, -0.15) is 0 Å². The first kappa shape index (κ1) is 22.4. The van der Waals surface area contributed by atoms with Crippen molar-refractivity contribution in [1.29, 1.82) is 0 Å². The summed E-state index contributed by atoms with van der Waals surface area (Å²) in [6.07, 6.45) is 2.09. The molecule has 168 valence electrons. The number of aryl methyl sites for hydroxylation is 2. The quantitative estimate of drug-likeness (QED) is 0.228. The fraction of sp³-hybridized carbons (Fsp3) is 0.208. The summed E-state index contributed by atoms with van der Waals surface area (Å²) in [7, 11) is 0. The third kappa shape index (κ3) is 4.56. The van der Waals surface area contributed by atoms with Crippen molar-refractivity contribution in [3.8, 4) is 0 Å². The lowest BCUT2D eigenvalue weighted by Crippen LogP contribution is -2.25. The van der Waals surface area contributed by atoms with Crippen LogP contribution in [0.5, 0.6) is 0 Å². The van der Waals surface area contributed by atoms with Crippen molar-refractivity contribution < 1.29 is 9.72 Å². The fourth-order valence-electron chi connectivity index (χ4n) is 3.93. The van der Waals surface area contributed by atoms with Crippen LogP contribution in [0, 0.1) is 24.0 Å². The van der Waals surface area contributed by atoms with Crippen LogP contribution in [0.4, 0.5) is 5.69 Å². The number of non-ortho nitro benzene ring substituents is 1. The van der Waals surface area contributed by atoms with Gasteiger partial charge in [0.2, 0.25) is 0 Å². The SMILES string of the molecule is Cc1cc(C(=O)Cn2cnc3ccc([N+](=O)[O-])cc3c2=O)c(C)n1CCc1ccc(Cl)cc1. The Kier molecular flexibility index (Phi) is 6.11. The van der Waals surface area contributed by atoms with Crippen LogP contribution in [-0.4, -0.2) is 24.8 Å². The topological polar surface area (TPSA) is 100 Å². The molecule has 0 N–H and O–H groups in total. The van der Waals surface area contributed by atoms with Crippen molar-refractivity contribution in [3.63, 3.8) is 0 Å². The average Bonchev–Trinajstić information content (AvgIpc) is 3.08. The molecule has 2 aromatic carbocycles. The molecule has 8 nitrogen and oxygen atoms in total. The molecule has 0 aliphatic carbocycles. The van der Waals surface area contributed by atoms with Crippen LogP contribution in [0.25, 0.3) is 10.9 Å². The van der Waals surface area contributed by atoms with Gasteiger partial charge in [-0.05, 0) is 50.1 Å². The minimum absolute atomic E-state index is 0.105. The zero-order valence-corrected chi connectivity index (χ0v) is 18.9. The number of benzene rings is 2. The molecule has 9 heteroatoms. The number of carbonyl (C=O) groups is 1. The van der Waals surface area contributed by atoms with E-state index in [2.05, 4.69) is 9.55 Å². The molecule has 0 aliphatic heterocycles. The van der Waals surface area contributed by atoms with E-state index in [1.54, 1.807) is 0 Å². The van der Waals surface area contributed by atoms with Gasteiger partial charge in [0.25, 0.3) is 11.2 Å². The van der Waals surface area contributed by atoms with E-state index in [0.717, 1.165) is 23.4 Å². The van der Waals surface area contributed by atoms with E-state index in [0.29, 0.717) is 22.6 Å². The van der Waals surface area contributed by atoms with Crippen LogP contribution in [-0.2, 0) is 19.5 Å². The molecule has 2 aromatic heterocycles. The summed E-state index contributed by atoms with van der Waals surface area (Å²) in [6, 6.07) is 13.4. The van der Waals surface area contributed by atoms with Gasteiger partial charge in [0, 0.05) is 40.7 Å². The predicted octanol–water partition coefficient (Wildman–Crippen LogP) is 4.50. The molecule has 0 spiro atoms. The smallest absolute Gasteiger partial charge is 0.270 e. The lowest BCUT2D eigenvalue weighted by molar-refractivity contribution is -0.384. The molecule has 0 bridgehead atoms. The summed E-state index contributed by atoms with van der Waals surface area (Å²) in [6.45, 7) is 4.32. The lowest BCUT2D eigenvalue weighted by atomic mass is 10.1. The summed E-state index contributed by atoms with van der Waals surface area (Å²) in [4.78, 5) is 40.6. The van der Waals surface area contributed by atoms with Gasteiger partial charge < -0.3 is 4.57 Å². The van der Waals surface area contributed by atoms with Gasteiger partial charge >= 0.3 is 0 Å². The van der Waals surface area contributed by atoms with Gasteiger partial charge in [0.15, 0.2) is 5.78 Å². The highest BCUT2D eigenvalue weighted by Crippen LogP contribution is 2.19. The molecule has 0 amide bonds. The summed E-state index contributed by atoms with van der Waals surface area (Å²) in [5, 5.41) is 11.8. The molecule has 4 rings (SSSR count). The van der Waals surface area contributed by atoms with Crippen LogP contribution in [0.3, 0.4) is 0 Å². The molecule has 0 fully saturated rings. The molecule has 33 heavy (non-hydrogen) atoms. The minimum Gasteiger partial charge on any atom is -0.348 e. The Hall–Kier alpha value is -3.78. The Balaban J connectivity index is 1.57. The molecule has 0 unspecified atom stereocenters. The van der Waals surface area contributed by atoms with Crippen LogP contribution in [0.15, 0.2) is 59.7 Å². The van der Waals surface area contributed by atoms with Gasteiger partial charge in [-0.25, -0.2) is 4.98 Å². The third-order valence-corrected chi connectivity index (χ3v) is 6.00. The second kappa shape index (κ2) is 8.99. The van der Waals surface area contributed by atoms with E-state index < -0.39 is 10.5 Å². The number of carbonyl (C=O) groups excluding carboxylic acids is 1. The van der Waals surface area contributed by atoms with Gasteiger partial charge in [-0.15, -0.1) is 0 Å². The van der Waals surface area contributed by atoms with Crippen molar-refractivity contribution in [3.05, 3.63) is 103 Å². The molecule has 2 heterocycles. The summed E-state index contributed by atoms with van der Waals surface area (Å²) in [5.41, 5.74) is 3.10. The molecular formula is C24H21ClN4O4. The zero-order chi connectivity index (χ0) is 23.7. The Morgan fingerprint density at radius 3 is 2.55 bits per heavy atom. The minimum atomic E-state index is -0.569. The summed E-state index contributed by atoms with van der Waals surface area (Å²) < 4.78 is 3.26. The number of halogens is 1. The number of hydrogen-bond donors (Lipinski definition) is 0. The zero-order valence-electron chi connectivity index (χ0n) is 18.1.